The standard InChI is InChI=1S/C17H21N3O2/c1-2-22-17(21)13-19-9-11-20(12-10-19)16-8-7-14-5-3-4-6-15(14)18-16/h3-8H,2,9-13H2,1H3. The van der Waals surface area contributed by atoms with E-state index in [1.807, 2.05) is 25.1 Å². The van der Waals surface area contributed by atoms with E-state index in [2.05, 4.69) is 28.0 Å². The predicted octanol–water partition coefficient (Wildman–Crippen LogP) is 1.92. The summed E-state index contributed by atoms with van der Waals surface area (Å²) < 4.78 is 5.00. The number of ether oxygens (including phenoxy) is 1. The molecule has 0 atom stereocenters. The van der Waals surface area contributed by atoms with Gasteiger partial charge in [0.15, 0.2) is 0 Å². The predicted molar refractivity (Wildman–Crippen MR) is 87.0 cm³/mol. The van der Waals surface area contributed by atoms with E-state index in [9.17, 15) is 4.79 Å². The number of esters is 1. The minimum absolute atomic E-state index is 0.139. The highest BCUT2D eigenvalue weighted by atomic mass is 16.5. The summed E-state index contributed by atoms with van der Waals surface area (Å²) in [6.45, 7) is 6.13. The average molecular weight is 299 g/mol. The summed E-state index contributed by atoms with van der Waals surface area (Å²) in [6.07, 6.45) is 0. The molecule has 3 rings (SSSR count). The fourth-order valence-electron chi connectivity index (χ4n) is 2.76. The molecule has 0 aliphatic carbocycles. The molecule has 0 spiro atoms. The summed E-state index contributed by atoms with van der Waals surface area (Å²) in [4.78, 5) is 20.7. The third-order valence-corrected chi connectivity index (χ3v) is 3.94. The van der Waals surface area contributed by atoms with E-state index >= 15 is 0 Å². The number of nitrogens with zero attached hydrogens (tertiary/aromatic N) is 3. The van der Waals surface area contributed by atoms with Gasteiger partial charge in [-0.2, -0.15) is 0 Å². The monoisotopic (exact) mass is 299 g/mol. The second-order valence-electron chi connectivity index (χ2n) is 5.43. The number of pyridine rings is 1. The lowest BCUT2D eigenvalue weighted by atomic mass is 10.2. The van der Waals surface area contributed by atoms with Crippen LogP contribution in [0.5, 0.6) is 0 Å². The SMILES string of the molecule is CCOC(=O)CN1CCN(c2ccc3ccccc3n2)CC1. The molecule has 2 heterocycles. The first-order chi connectivity index (χ1) is 10.8. The Morgan fingerprint density at radius 2 is 1.91 bits per heavy atom. The van der Waals surface area contributed by atoms with E-state index in [0.717, 1.165) is 42.9 Å². The zero-order valence-electron chi connectivity index (χ0n) is 12.9. The van der Waals surface area contributed by atoms with Crippen molar-refractivity contribution in [3.63, 3.8) is 0 Å². The van der Waals surface area contributed by atoms with Gasteiger partial charge in [0.1, 0.15) is 5.82 Å². The smallest absolute Gasteiger partial charge is 0.320 e. The van der Waals surface area contributed by atoms with E-state index < -0.39 is 0 Å². The number of fused-ring (bicyclic) bond motifs is 1. The zero-order chi connectivity index (χ0) is 15.4. The number of carbonyl (C=O) groups is 1. The Morgan fingerprint density at radius 3 is 2.68 bits per heavy atom. The van der Waals surface area contributed by atoms with Crippen molar-refractivity contribution in [2.45, 2.75) is 6.92 Å². The molecule has 0 bridgehead atoms. The molecule has 5 heteroatoms. The lowest BCUT2D eigenvalue weighted by molar-refractivity contribution is -0.144. The molecule has 1 aromatic carbocycles. The molecule has 116 valence electrons. The number of hydrogen-bond donors (Lipinski definition) is 0. The number of aromatic nitrogens is 1. The first-order valence-corrected chi connectivity index (χ1v) is 7.75. The van der Waals surface area contributed by atoms with E-state index in [4.69, 9.17) is 9.72 Å². The number of hydrogen-bond acceptors (Lipinski definition) is 5. The molecule has 0 saturated carbocycles. The van der Waals surface area contributed by atoms with Crippen LogP contribution in [0, 0.1) is 0 Å². The number of benzene rings is 1. The molecule has 1 aliphatic heterocycles. The molecular formula is C17H21N3O2. The van der Waals surface area contributed by atoms with Crippen LogP contribution in [0.3, 0.4) is 0 Å². The Hall–Kier alpha value is -2.14. The molecule has 1 aliphatic rings. The highest BCUT2D eigenvalue weighted by Crippen LogP contribution is 2.19. The molecule has 1 aromatic heterocycles. The molecule has 1 saturated heterocycles. The normalized spacial score (nSPS) is 16.0. The van der Waals surface area contributed by atoms with Crippen molar-refractivity contribution in [3.8, 4) is 0 Å². The van der Waals surface area contributed by atoms with Crippen molar-refractivity contribution < 1.29 is 9.53 Å². The minimum atomic E-state index is -0.139. The van der Waals surface area contributed by atoms with Gasteiger partial charge in [0.25, 0.3) is 0 Å². The van der Waals surface area contributed by atoms with Gasteiger partial charge in [-0.1, -0.05) is 18.2 Å². The summed E-state index contributed by atoms with van der Waals surface area (Å²) in [7, 11) is 0. The molecule has 0 N–H and O–H groups in total. The fraction of sp³-hybridized carbons (Fsp3) is 0.412. The second-order valence-corrected chi connectivity index (χ2v) is 5.43. The third-order valence-electron chi connectivity index (χ3n) is 3.94. The Morgan fingerprint density at radius 1 is 1.14 bits per heavy atom. The topological polar surface area (TPSA) is 45.7 Å². The van der Waals surface area contributed by atoms with E-state index in [-0.39, 0.29) is 5.97 Å². The average Bonchev–Trinajstić information content (AvgIpc) is 2.55. The Kier molecular flexibility index (Phi) is 4.53. The van der Waals surface area contributed by atoms with Crippen LogP contribution in [0.2, 0.25) is 0 Å². The quantitative estimate of drug-likeness (QED) is 0.807. The number of para-hydroxylation sites is 1. The summed E-state index contributed by atoms with van der Waals surface area (Å²) in [6, 6.07) is 12.3. The van der Waals surface area contributed by atoms with Gasteiger partial charge < -0.3 is 9.64 Å². The van der Waals surface area contributed by atoms with Crippen molar-refractivity contribution >= 4 is 22.7 Å². The van der Waals surface area contributed by atoms with Gasteiger partial charge >= 0.3 is 5.97 Å². The minimum Gasteiger partial charge on any atom is -0.465 e. The molecule has 5 nitrogen and oxygen atoms in total. The van der Waals surface area contributed by atoms with Crippen molar-refractivity contribution in [2.75, 3.05) is 44.2 Å². The molecule has 1 fully saturated rings. The summed E-state index contributed by atoms with van der Waals surface area (Å²) in [5.41, 5.74) is 1.02. The van der Waals surface area contributed by atoms with Crippen molar-refractivity contribution in [2.24, 2.45) is 0 Å². The summed E-state index contributed by atoms with van der Waals surface area (Å²) >= 11 is 0. The maximum absolute atomic E-state index is 11.5. The maximum Gasteiger partial charge on any atom is 0.320 e. The highest BCUT2D eigenvalue weighted by Gasteiger charge is 2.20. The van der Waals surface area contributed by atoms with Gasteiger partial charge in [-0.25, -0.2) is 4.98 Å². The molecule has 22 heavy (non-hydrogen) atoms. The van der Waals surface area contributed by atoms with Crippen LogP contribution >= 0.6 is 0 Å². The van der Waals surface area contributed by atoms with Crippen LogP contribution in [-0.4, -0.2) is 55.2 Å². The Labute approximate surface area is 130 Å². The second kappa shape index (κ2) is 6.75. The van der Waals surface area contributed by atoms with Crippen molar-refractivity contribution in [1.82, 2.24) is 9.88 Å². The Bertz CT molecular complexity index is 651. The van der Waals surface area contributed by atoms with Crippen molar-refractivity contribution in [1.29, 1.82) is 0 Å². The highest BCUT2D eigenvalue weighted by molar-refractivity contribution is 5.80. The molecular weight excluding hydrogens is 278 g/mol. The lowest BCUT2D eigenvalue weighted by Gasteiger charge is -2.34. The number of anilines is 1. The van der Waals surface area contributed by atoms with E-state index in [1.165, 1.54) is 0 Å². The van der Waals surface area contributed by atoms with Gasteiger partial charge in [-0.05, 0) is 25.1 Å². The van der Waals surface area contributed by atoms with Crippen LogP contribution in [0.1, 0.15) is 6.92 Å². The molecule has 0 radical (unpaired) electrons. The first kappa shape index (κ1) is 14.8. The Balaban J connectivity index is 1.61. The lowest BCUT2D eigenvalue weighted by Crippen LogP contribution is -2.48. The number of rotatable bonds is 4. The molecule has 0 amide bonds. The van der Waals surface area contributed by atoms with Gasteiger partial charge in [0, 0.05) is 31.6 Å². The van der Waals surface area contributed by atoms with E-state index in [1.54, 1.807) is 0 Å². The fourth-order valence-corrected chi connectivity index (χ4v) is 2.76. The third kappa shape index (κ3) is 3.36. The van der Waals surface area contributed by atoms with Crippen LogP contribution in [0.4, 0.5) is 5.82 Å². The van der Waals surface area contributed by atoms with Gasteiger partial charge in [-0.15, -0.1) is 0 Å². The molecule has 0 unspecified atom stereocenters. The number of carbonyl (C=O) groups excluding carboxylic acids is 1. The number of piperazine rings is 1. The van der Waals surface area contributed by atoms with Crippen LogP contribution in [0.25, 0.3) is 10.9 Å². The zero-order valence-corrected chi connectivity index (χ0v) is 12.9. The summed E-state index contributed by atoms with van der Waals surface area (Å²) in [5.74, 6) is 0.870. The first-order valence-electron chi connectivity index (χ1n) is 7.75. The largest absolute Gasteiger partial charge is 0.465 e. The van der Waals surface area contributed by atoms with Crippen LogP contribution in [-0.2, 0) is 9.53 Å². The van der Waals surface area contributed by atoms with Gasteiger partial charge in [0.05, 0.1) is 18.7 Å². The summed E-state index contributed by atoms with van der Waals surface area (Å²) in [5, 5.41) is 1.16. The maximum atomic E-state index is 11.5. The molecule has 2 aromatic rings. The van der Waals surface area contributed by atoms with Crippen molar-refractivity contribution in [3.05, 3.63) is 36.4 Å². The van der Waals surface area contributed by atoms with Crippen LogP contribution in [0.15, 0.2) is 36.4 Å². The van der Waals surface area contributed by atoms with E-state index in [0.29, 0.717) is 13.2 Å². The van der Waals surface area contributed by atoms with Crippen LogP contribution < -0.4 is 4.90 Å². The van der Waals surface area contributed by atoms with Gasteiger partial charge in [-0.3, -0.25) is 9.69 Å². The van der Waals surface area contributed by atoms with Gasteiger partial charge in [0.2, 0.25) is 0 Å².